The summed E-state index contributed by atoms with van der Waals surface area (Å²) < 4.78 is 0. The van der Waals surface area contributed by atoms with Crippen molar-refractivity contribution in [2.24, 2.45) is 0 Å². The van der Waals surface area contributed by atoms with Crippen molar-refractivity contribution in [3.05, 3.63) is 116 Å². The second kappa shape index (κ2) is 17.6. The highest BCUT2D eigenvalue weighted by Crippen LogP contribution is 2.03. The van der Waals surface area contributed by atoms with Gasteiger partial charge in [-0.1, -0.05) is 74.9 Å². The zero-order chi connectivity index (χ0) is 21.8. The number of aromatic carboxylic acids is 2. The number of carbonyl (C=O) groups is 2. The van der Waals surface area contributed by atoms with Crippen LogP contribution in [0, 0.1) is 11.3 Å². The lowest BCUT2D eigenvalue weighted by molar-refractivity contribution is 0.0681. The SMILES string of the molecule is C=CC#N.C=CC=C.C=Cc1ccccc1.O=C(O)c1ccc(C(=O)O)cc1. The zero-order valence-electron chi connectivity index (χ0n) is 15.5. The lowest BCUT2D eigenvalue weighted by Gasteiger charge is -1.94. The van der Waals surface area contributed by atoms with E-state index >= 15 is 0 Å². The molecule has 0 unspecified atom stereocenters. The summed E-state index contributed by atoms with van der Waals surface area (Å²) in [5.41, 5.74) is 1.34. The van der Waals surface area contributed by atoms with Gasteiger partial charge in [0.1, 0.15) is 0 Å². The average Bonchev–Trinajstić information content (AvgIpc) is 2.75. The number of nitriles is 1. The number of hydrogen-bond acceptors (Lipinski definition) is 3. The molecule has 0 aliphatic carbocycles. The van der Waals surface area contributed by atoms with Gasteiger partial charge in [0.2, 0.25) is 0 Å². The molecule has 5 nitrogen and oxygen atoms in total. The van der Waals surface area contributed by atoms with Crippen molar-refractivity contribution in [2.45, 2.75) is 0 Å². The fourth-order valence-electron chi connectivity index (χ4n) is 1.34. The predicted octanol–water partition coefficient (Wildman–Crippen LogP) is 5.47. The highest BCUT2D eigenvalue weighted by molar-refractivity contribution is 5.91. The van der Waals surface area contributed by atoms with Crippen molar-refractivity contribution < 1.29 is 19.8 Å². The van der Waals surface area contributed by atoms with E-state index in [0.29, 0.717) is 0 Å². The Morgan fingerprint density at radius 2 is 1.14 bits per heavy atom. The van der Waals surface area contributed by atoms with Crippen LogP contribution in [0.3, 0.4) is 0 Å². The zero-order valence-corrected chi connectivity index (χ0v) is 15.5. The monoisotopic (exact) mass is 377 g/mol. The third kappa shape index (κ3) is 14.2. The van der Waals surface area contributed by atoms with Crippen LogP contribution in [-0.2, 0) is 0 Å². The third-order valence-corrected chi connectivity index (χ3v) is 2.67. The average molecular weight is 377 g/mol. The number of hydrogen-bond donors (Lipinski definition) is 2. The first-order valence-electron chi connectivity index (χ1n) is 7.85. The Balaban J connectivity index is 0. The first-order chi connectivity index (χ1) is 13.4. The van der Waals surface area contributed by atoms with Gasteiger partial charge in [0, 0.05) is 6.08 Å². The molecule has 0 saturated carbocycles. The van der Waals surface area contributed by atoms with Crippen LogP contribution in [0.5, 0.6) is 0 Å². The third-order valence-electron chi connectivity index (χ3n) is 2.67. The van der Waals surface area contributed by atoms with Crippen molar-refractivity contribution in [1.29, 1.82) is 5.26 Å². The van der Waals surface area contributed by atoms with Gasteiger partial charge in [0.25, 0.3) is 0 Å². The molecule has 0 fully saturated rings. The summed E-state index contributed by atoms with van der Waals surface area (Å²) in [5.74, 6) is -2.13. The molecule has 2 aromatic carbocycles. The molecule has 2 aromatic rings. The molecule has 0 amide bonds. The van der Waals surface area contributed by atoms with Gasteiger partial charge in [-0.05, 0) is 29.8 Å². The lowest BCUT2D eigenvalue weighted by Crippen LogP contribution is -1.99. The summed E-state index contributed by atoms with van der Waals surface area (Å²) in [6.07, 6.45) is 6.29. The molecule has 0 aliphatic rings. The summed E-state index contributed by atoms with van der Waals surface area (Å²) in [7, 11) is 0. The van der Waals surface area contributed by atoms with Crippen LogP contribution < -0.4 is 0 Å². The van der Waals surface area contributed by atoms with Gasteiger partial charge in [0.05, 0.1) is 17.2 Å². The van der Waals surface area contributed by atoms with E-state index in [0.717, 1.165) is 0 Å². The molecule has 0 bridgehead atoms. The molecule has 0 aliphatic heterocycles. The molecule has 0 radical (unpaired) electrons. The summed E-state index contributed by atoms with van der Waals surface area (Å²) >= 11 is 0. The minimum atomic E-state index is -1.06. The largest absolute Gasteiger partial charge is 0.478 e. The van der Waals surface area contributed by atoms with Crippen molar-refractivity contribution in [3.63, 3.8) is 0 Å². The van der Waals surface area contributed by atoms with E-state index < -0.39 is 11.9 Å². The quantitative estimate of drug-likeness (QED) is 0.544. The van der Waals surface area contributed by atoms with E-state index in [4.69, 9.17) is 15.5 Å². The van der Waals surface area contributed by atoms with E-state index in [-0.39, 0.29) is 11.1 Å². The molecular formula is C23H23NO4. The molecule has 5 heteroatoms. The van der Waals surface area contributed by atoms with E-state index in [1.807, 2.05) is 36.4 Å². The highest BCUT2D eigenvalue weighted by Gasteiger charge is 2.04. The first kappa shape index (κ1) is 26.1. The molecule has 0 spiro atoms. The summed E-state index contributed by atoms with van der Waals surface area (Å²) in [6.45, 7) is 13.5. The normalized spacial score (nSPS) is 7.68. The number of allylic oxidation sites excluding steroid dienone is 3. The number of carboxylic acid groups (broad SMARTS) is 2. The van der Waals surface area contributed by atoms with E-state index in [1.54, 1.807) is 18.2 Å². The molecule has 28 heavy (non-hydrogen) atoms. The molecule has 0 heterocycles. The minimum absolute atomic E-state index is 0.0833. The maximum absolute atomic E-state index is 10.3. The van der Waals surface area contributed by atoms with Gasteiger partial charge < -0.3 is 10.2 Å². The van der Waals surface area contributed by atoms with Gasteiger partial charge in [-0.3, -0.25) is 0 Å². The molecule has 0 aromatic heterocycles. The van der Waals surface area contributed by atoms with Gasteiger partial charge in [0.15, 0.2) is 0 Å². The molecule has 144 valence electrons. The number of nitrogens with zero attached hydrogens (tertiary/aromatic N) is 1. The van der Waals surface area contributed by atoms with Crippen LogP contribution in [-0.4, -0.2) is 22.2 Å². The van der Waals surface area contributed by atoms with Crippen molar-refractivity contribution in [3.8, 4) is 6.07 Å². The van der Waals surface area contributed by atoms with Crippen LogP contribution >= 0.6 is 0 Å². The lowest BCUT2D eigenvalue weighted by atomic mass is 10.1. The Labute approximate surface area is 165 Å². The molecule has 0 saturated heterocycles. The van der Waals surface area contributed by atoms with E-state index in [1.165, 1.54) is 35.9 Å². The topological polar surface area (TPSA) is 98.4 Å². The van der Waals surface area contributed by atoms with Crippen molar-refractivity contribution in [1.82, 2.24) is 0 Å². The van der Waals surface area contributed by atoms with Crippen molar-refractivity contribution >= 4 is 18.0 Å². The second-order valence-electron chi connectivity index (χ2n) is 4.61. The van der Waals surface area contributed by atoms with E-state index in [2.05, 4.69) is 26.3 Å². The Morgan fingerprint density at radius 1 is 0.786 bits per heavy atom. The Morgan fingerprint density at radius 3 is 1.32 bits per heavy atom. The van der Waals surface area contributed by atoms with Crippen LogP contribution in [0.1, 0.15) is 26.3 Å². The summed E-state index contributed by atoms with van der Waals surface area (Å²) in [6, 6.07) is 16.7. The smallest absolute Gasteiger partial charge is 0.335 e. The summed E-state index contributed by atoms with van der Waals surface area (Å²) in [4.78, 5) is 20.7. The van der Waals surface area contributed by atoms with Crippen LogP contribution in [0.25, 0.3) is 6.08 Å². The van der Waals surface area contributed by atoms with Gasteiger partial charge in [-0.15, -0.1) is 0 Å². The fraction of sp³-hybridized carbons (Fsp3) is 0. The van der Waals surface area contributed by atoms with Gasteiger partial charge in [-0.2, -0.15) is 5.26 Å². The molecule has 2 N–H and O–H groups in total. The summed E-state index contributed by atoms with van der Waals surface area (Å²) in [5, 5.41) is 24.4. The maximum atomic E-state index is 10.3. The van der Waals surface area contributed by atoms with Gasteiger partial charge in [-0.25, -0.2) is 9.59 Å². The highest BCUT2D eigenvalue weighted by atomic mass is 16.4. The van der Waals surface area contributed by atoms with Crippen LogP contribution in [0.15, 0.2) is 99.1 Å². The number of benzene rings is 2. The minimum Gasteiger partial charge on any atom is -0.478 e. The van der Waals surface area contributed by atoms with Gasteiger partial charge >= 0.3 is 11.9 Å². The van der Waals surface area contributed by atoms with E-state index in [9.17, 15) is 9.59 Å². The second-order valence-corrected chi connectivity index (χ2v) is 4.61. The molecule has 2 rings (SSSR count). The fourth-order valence-corrected chi connectivity index (χ4v) is 1.34. The van der Waals surface area contributed by atoms with Crippen LogP contribution in [0.2, 0.25) is 0 Å². The predicted molar refractivity (Wildman–Crippen MR) is 113 cm³/mol. The Kier molecular flexibility index (Phi) is 16.4. The van der Waals surface area contributed by atoms with Crippen LogP contribution in [0.4, 0.5) is 0 Å². The number of rotatable bonds is 4. The Hall–Kier alpha value is -4.17. The molecular weight excluding hydrogens is 354 g/mol. The van der Waals surface area contributed by atoms with Crippen molar-refractivity contribution in [2.75, 3.05) is 0 Å². The molecule has 0 atom stereocenters. The number of carboxylic acids is 2. The Bertz CT molecular complexity index is 762. The maximum Gasteiger partial charge on any atom is 0.335 e. The first-order valence-corrected chi connectivity index (χ1v) is 7.85. The standard InChI is InChI=1S/C8H6O4.C8H8.C4H6.C3H3N/c9-7(10)5-1-2-6(4-3-5)8(11)12;1-2-8-6-4-3-5-7-8;1-3-4-2;1-2-3-4/h1-4H,(H,9,10)(H,11,12);2-7H,1H2;3-4H,1-2H2;2H,1H2.